The van der Waals surface area contributed by atoms with Gasteiger partial charge in [0.25, 0.3) is 5.69 Å². The molecule has 0 spiro atoms. The number of benzene rings is 2. The molecule has 0 aliphatic rings. The lowest BCUT2D eigenvalue weighted by molar-refractivity contribution is -0.384. The zero-order chi connectivity index (χ0) is 20.4. The summed E-state index contributed by atoms with van der Waals surface area (Å²) in [5.74, 6) is 1.25. The molecule has 0 unspecified atom stereocenters. The third-order valence-corrected chi connectivity index (χ3v) is 4.53. The van der Waals surface area contributed by atoms with Crippen LogP contribution in [0.3, 0.4) is 0 Å². The maximum Gasteiger partial charge on any atom is 0.280 e. The van der Waals surface area contributed by atoms with E-state index in [9.17, 15) is 10.1 Å². The molecule has 2 aromatic heterocycles. The largest absolute Gasteiger partial charge is 0.455 e. The summed E-state index contributed by atoms with van der Waals surface area (Å²) in [6.45, 7) is 0. The molecular weight excluding hydrogens is 414 g/mol. The monoisotopic (exact) mass is 425 g/mol. The number of aromatic amines is 1. The third kappa shape index (κ3) is 3.86. The van der Waals surface area contributed by atoms with Crippen LogP contribution in [0.4, 0.5) is 5.69 Å². The third-order valence-electron chi connectivity index (χ3n) is 4.03. The first-order valence-corrected chi connectivity index (χ1v) is 9.13. The fourth-order valence-corrected chi connectivity index (χ4v) is 3.11. The predicted molar refractivity (Wildman–Crippen MR) is 112 cm³/mol. The van der Waals surface area contributed by atoms with Gasteiger partial charge in [-0.05, 0) is 42.5 Å². The highest BCUT2D eigenvalue weighted by atomic mass is 35.5. The van der Waals surface area contributed by atoms with Gasteiger partial charge in [-0.3, -0.25) is 10.1 Å². The van der Waals surface area contributed by atoms with Crippen molar-refractivity contribution in [1.82, 2.24) is 14.9 Å². The number of nitro groups is 1. The zero-order valence-electron chi connectivity index (χ0n) is 14.7. The molecule has 0 bridgehead atoms. The van der Waals surface area contributed by atoms with Crippen LogP contribution < -0.4 is 0 Å². The van der Waals surface area contributed by atoms with Gasteiger partial charge in [0.15, 0.2) is 5.82 Å². The highest BCUT2D eigenvalue weighted by Crippen LogP contribution is 2.30. The van der Waals surface area contributed by atoms with Crippen LogP contribution in [0.1, 0.15) is 5.76 Å². The van der Waals surface area contributed by atoms with E-state index in [4.69, 9.17) is 28.2 Å². The number of nitrogens with zero attached hydrogens (tertiary/aromatic N) is 4. The molecule has 8 nitrogen and oxygen atoms in total. The maximum atomic E-state index is 11.2. The van der Waals surface area contributed by atoms with Crippen molar-refractivity contribution in [2.45, 2.75) is 0 Å². The minimum Gasteiger partial charge on any atom is -0.455 e. The second kappa shape index (κ2) is 7.82. The van der Waals surface area contributed by atoms with Crippen LogP contribution in [-0.2, 0) is 0 Å². The Hall–Kier alpha value is -3.56. The fraction of sp³-hybridized carbons (Fsp3) is 0. The van der Waals surface area contributed by atoms with Crippen LogP contribution >= 0.6 is 23.8 Å². The van der Waals surface area contributed by atoms with Gasteiger partial charge in [0.05, 0.1) is 16.7 Å². The average Bonchev–Trinajstić information content (AvgIpc) is 3.33. The Labute approximate surface area is 174 Å². The number of hydrogen-bond acceptors (Lipinski definition) is 6. The van der Waals surface area contributed by atoms with Crippen molar-refractivity contribution < 1.29 is 9.34 Å². The molecule has 0 aliphatic carbocycles. The van der Waals surface area contributed by atoms with E-state index in [1.165, 1.54) is 17.0 Å². The van der Waals surface area contributed by atoms with E-state index in [0.717, 1.165) is 5.56 Å². The summed E-state index contributed by atoms with van der Waals surface area (Å²) in [4.78, 5) is 10.8. The number of H-pyrrole nitrogens is 1. The minimum atomic E-state index is -0.451. The lowest BCUT2D eigenvalue weighted by Crippen LogP contribution is -1.94. The number of furan rings is 1. The number of aromatic nitrogens is 3. The Morgan fingerprint density at radius 1 is 1.21 bits per heavy atom. The van der Waals surface area contributed by atoms with Crippen LogP contribution in [0.5, 0.6) is 0 Å². The lowest BCUT2D eigenvalue weighted by Gasteiger charge is -2.01. The fourth-order valence-electron chi connectivity index (χ4n) is 2.74. The molecule has 2 heterocycles. The van der Waals surface area contributed by atoms with Crippen molar-refractivity contribution in [3.8, 4) is 22.7 Å². The molecule has 10 heteroatoms. The second-order valence-corrected chi connectivity index (χ2v) is 6.72. The maximum absolute atomic E-state index is 11.2. The van der Waals surface area contributed by atoms with Crippen molar-refractivity contribution in [3.05, 3.63) is 86.3 Å². The van der Waals surface area contributed by atoms with Crippen LogP contribution in [0.25, 0.3) is 22.7 Å². The van der Waals surface area contributed by atoms with Gasteiger partial charge in [0.1, 0.15) is 11.5 Å². The Morgan fingerprint density at radius 2 is 2.03 bits per heavy atom. The number of rotatable bonds is 5. The molecule has 0 saturated heterocycles. The molecular formula is C19H12ClN5O3S. The minimum absolute atomic E-state index is 0.0364. The van der Waals surface area contributed by atoms with Crippen LogP contribution in [-0.4, -0.2) is 26.0 Å². The molecule has 0 saturated carbocycles. The van der Waals surface area contributed by atoms with Gasteiger partial charge in [-0.1, -0.05) is 35.9 Å². The standard InChI is InChI=1S/C19H12ClN5O3S/c20-13-5-3-4-12(10-13)18-22-23-19(29)24(18)21-11-14-8-9-17(28-14)15-6-1-2-7-16(15)25(26)27/h1-11H,(H,23,29)/b21-11+. The molecule has 0 aliphatic heterocycles. The van der Waals surface area contributed by atoms with Gasteiger partial charge in [-0.25, -0.2) is 5.10 Å². The van der Waals surface area contributed by atoms with Crippen LogP contribution in [0.2, 0.25) is 5.02 Å². The molecule has 1 N–H and O–H groups in total. The first kappa shape index (κ1) is 18.8. The SMILES string of the molecule is O=[N+]([O-])c1ccccc1-c1ccc(/C=N/n2c(-c3cccc(Cl)c3)n[nH]c2=S)o1. The molecule has 0 amide bonds. The lowest BCUT2D eigenvalue weighted by atomic mass is 10.1. The molecule has 0 fully saturated rings. The number of hydrogen-bond donors (Lipinski definition) is 1. The van der Waals surface area contributed by atoms with Crippen molar-refractivity contribution in [3.63, 3.8) is 0 Å². The summed E-state index contributed by atoms with van der Waals surface area (Å²) < 4.78 is 7.44. The Balaban J connectivity index is 1.67. The number of nitro benzene ring substituents is 1. The van der Waals surface area contributed by atoms with Crippen LogP contribution in [0.15, 0.2) is 70.2 Å². The normalized spacial score (nSPS) is 11.2. The summed E-state index contributed by atoms with van der Waals surface area (Å²) in [5, 5.41) is 23.0. The first-order valence-electron chi connectivity index (χ1n) is 8.34. The highest BCUT2D eigenvalue weighted by molar-refractivity contribution is 7.71. The van der Waals surface area contributed by atoms with Gasteiger partial charge in [0.2, 0.25) is 4.77 Å². The topological polar surface area (TPSA) is 102 Å². The number of nitrogens with one attached hydrogen (secondary N) is 1. The average molecular weight is 426 g/mol. The van der Waals surface area contributed by atoms with E-state index in [2.05, 4.69) is 15.3 Å². The van der Waals surface area contributed by atoms with Crippen LogP contribution in [0, 0.1) is 14.9 Å². The number of para-hydroxylation sites is 1. The summed E-state index contributed by atoms with van der Waals surface area (Å²) in [6.07, 6.45) is 1.46. The summed E-state index contributed by atoms with van der Waals surface area (Å²) in [6, 6.07) is 16.8. The smallest absolute Gasteiger partial charge is 0.280 e. The Morgan fingerprint density at radius 3 is 2.83 bits per heavy atom. The summed E-state index contributed by atoms with van der Waals surface area (Å²) in [5.41, 5.74) is 1.09. The zero-order valence-corrected chi connectivity index (χ0v) is 16.2. The van der Waals surface area contributed by atoms with Gasteiger partial charge in [0, 0.05) is 16.7 Å². The van der Waals surface area contributed by atoms with E-state index in [1.807, 2.05) is 6.07 Å². The van der Waals surface area contributed by atoms with Crippen molar-refractivity contribution in [2.75, 3.05) is 0 Å². The molecule has 144 valence electrons. The Bertz CT molecular complexity index is 1290. The molecule has 2 aromatic carbocycles. The second-order valence-electron chi connectivity index (χ2n) is 5.90. The van der Waals surface area contributed by atoms with Gasteiger partial charge >= 0.3 is 0 Å². The van der Waals surface area contributed by atoms with E-state index < -0.39 is 4.92 Å². The molecule has 29 heavy (non-hydrogen) atoms. The number of halogens is 1. The Kier molecular flexibility index (Phi) is 5.07. The first-order chi connectivity index (χ1) is 14.0. The van der Waals surface area contributed by atoms with E-state index in [-0.39, 0.29) is 5.69 Å². The quantitative estimate of drug-likeness (QED) is 0.202. The molecule has 0 radical (unpaired) electrons. The van der Waals surface area contributed by atoms with Crippen molar-refractivity contribution in [2.24, 2.45) is 5.10 Å². The van der Waals surface area contributed by atoms with Gasteiger partial charge < -0.3 is 4.42 Å². The summed E-state index contributed by atoms with van der Waals surface area (Å²) in [7, 11) is 0. The van der Waals surface area contributed by atoms with E-state index in [0.29, 0.717) is 32.7 Å². The van der Waals surface area contributed by atoms with Crippen molar-refractivity contribution >= 4 is 35.7 Å². The highest BCUT2D eigenvalue weighted by Gasteiger charge is 2.17. The molecule has 4 rings (SSSR count). The van der Waals surface area contributed by atoms with Crippen molar-refractivity contribution in [1.29, 1.82) is 0 Å². The summed E-state index contributed by atoms with van der Waals surface area (Å²) >= 11 is 11.3. The molecule has 0 atom stereocenters. The molecule has 4 aromatic rings. The van der Waals surface area contributed by atoms with Gasteiger partial charge in [-0.2, -0.15) is 14.9 Å². The van der Waals surface area contributed by atoms with E-state index in [1.54, 1.807) is 48.5 Å². The predicted octanol–water partition coefficient (Wildman–Crippen LogP) is 5.31. The van der Waals surface area contributed by atoms with E-state index >= 15 is 0 Å². The van der Waals surface area contributed by atoms with Gasteiger partial charge in [-0.15, -0.1) is 0 Å².